The number of alkyl halides is 3. The number of hydrogen-bond donors (Lipinski definition) is 1. The Bertz CT molecular complexity index is 1030. The highest BCUT2D eigenvalue weighted by atomic mass is 19.4. The highest BCUT2D eigenvalue weighted by Gasteiger charge is 2.26. The Morgan fingerprint density at radius 1 is 1.08 bits per heavy atom. The first kappa shape index (κ1) is 15.4. The van der Waals surface area contributed by atoms with Gasteiger partial charge in [0.2, 0.25) is 11.7 Å². The van der Waals surface area contributed by atoms with Gasteiger partial charge in [0.1, 0.15) is 0 Å². The van der Waals surface area contributed by atoms with Crippen molar-refractivity contribution in [3.63, 3.8) is 0 Å². The Morgan fingerprint density at radius 3 is 2.80 bits per heavy atom. The molecule has 10 heteroatoms. The predicted octanol–water partition coefficient (Wildman–Crippen LogP) is 2.80. The molecule has 4 rings (SSSR count). The highest BCUT2D eigenvalue weighted by Crippen LogP contribution is 2.25. The normalized spacial score (nSPS) is 12.1. The molecule has 25 heavy (non-hydrogen) atoms. The number of halogens is 3. The third kappa shape index (κ3) is 3.10. The van der Waals surface area contributed by atoms with E-state index in [-0.39, 0.29) is 12.5 Å². The minimum atomic E-state index is -4.21. The fourth-order valence-electron chi connectivity index (χ4n) is 2.50. The van der Waals surface area contributed by atoms with Gasteiger partial charge in [0, 0.05) is 48.7 Å². The Balaban J connectivity index is 1.61. The van der Waals surface area contributed by atoms with Crippen LogP contribution < -0.4 is 5.32 Å². The molecule has 0 saturated heterocycles. The zero-order valence-corrected chi connectivity index (χ0v) is 12.8. The van der Waals surface area contributed by atoms with Crippen LogP contribution in [0, 0.1) is 0 Å². The molecule has 4 aromatic rings. The molecule has 7 nitrogen and oxygen atoms in total. The van der Waals surface area contributed by atoms with Crippen LogP contribution in [0.25, 0.3) is 22.4 Å². The summed E-state index contributed by atoms with van der Waals surface area (Å²) in [7, 11) is 0. The molecule has 0 fully saturated rings. The van der Waals surface area contributed by atoms with Gasteiger partial charge in [-0.25, -0.2) is 19.5 Å². The number of nitrogens with one attached hydrogen (secondary N) is 1. The summed E-state index contributed by atoms with van der Waals surface area (Å²) in [5.41, 5.74) is 2.45. The molecule has 0 spiro atoms. The lowest BCUT2D eigenvalue weighted by Gasteiger charge is -2.08. The van der Waals surface area contributed by atoms with Crippen LogP contribution in [-0.4, -0.2) is 41.7 Å². The average Bonchev–Trinajstić information content (AvgIpc) is 3.19. The van der Waals surface area contributed by atoms with Crippen molar-refractivity contribution in [1.82, 2.24) is 29.0 Å². The molecule has 0 amide bonds. The molecular formula is C15H12F3N7. The Morgan fingerprint density at radius 2 is 1.96 bits per heavy atom. The number of aromatic nitrogens is 6. The van der Waals surface area contributed by atoms with E-state index in [9.17, 15) is 13.2 Å². The monoisotopic (exact) mass is 347 g/mol. The molecule has 0 aliphatic carbocycles. The van der Waals surface area contributed by atoms with Crippen molar-refractivity contribution in [3.05, 3.63) is 43.2 Å². The van der Waals surface area contributed by atoms with Crippen molar-refractivity contribution in [2.45, 2.75) is 12.6 Å². The third-order valence-corrected chi connectivity index (χ3v) is 3.66. The van der Waals surface area contributed by atoms with Gasteiger partial charge in [0.15, 0.2) is 0 Å². The van der Waals surface area contributed by atoms with Gasteiger partial charge < -0.3 is 5.32 Å². The van der Waals surface area contributed by atoms with Crippen molar-refractivity contribution >= 4 is 17.2 Å². The molecular weight excluding hydrogens is 335 g/mol. The minimum Gasteiger partial charge on any atom is -0.353 e. The van der Waals surface area contributed by atoms with Crippen LogP contribution in [-0.2, 0) is 0 Å². The fraction of sp³-hybridized carbons (Fsp3) is 0.200. The van der Waals surface area contributed by atoms with Gasteiger partial charge >= 0.3 is 6.18 Å². The maximum atomic E-state index is 12.2. The average molecular weight is 347 g/mol. The quantitative estimate of drug-likeness (QED) is 0.615. The molecule has 0 atom stereocenters. The van der Waals surface area contributed by atoms with Gasteiger partial charge in [0.05, 0.1) is 18.1 Å². The van der Waals surface area contributed by atoms with E-state index >= 15 is 0 Å². The van der Waals surface area contributed by atoms with Crippen LogP contribution in [0.15, 0.2) is 43.2 Å². The number of hydrogen-bond acceptors (Lipinski definition) is 5. The van der Waals surface area contributed by atoms with Crippen molar-refractivity contribution in [2.24, 2.45) is 0 Å². The summed E-state index contributed by atoms with van der Waals surface area (Å²) in [5, 5.41) is 6.76. The van der Waals surface area contributed by atoms with Crippen LogP contribution in [0.3, 0.4) is 0 Å². The summed E-state index contributed by atoms with van der Waals surface area (Å²) in [5.74, 6) is 0.738. The number of fused-ring (bicyclic) bond motifs is 2. The lowest BCUT2D eigenvalue weighted by molar-refractivity contribution is -0.131. The van der Waals surface area contributed by atoms with Crippen molar-refractivity contribution in [2.75, 3.05) is 11.9 Å². The standard InChI is InChI=1S/C15H12F3N7/c16-15(17,18)2-3-19-13-21-8-12-11(1-5-25(12)23-13)10-7-22-14-20-4-6-24(14)9-10/h1,4-9H,2-3H2,(H,19,23). The molecule has 4 heterocycles. The van der Waals surface area contributed by atoms with Crippen LogP contribution in [0.2, 0.25) is 0 Å². The molecule has 128 valence electrons. The second kappa shape index (κ2) is 5.72. The summed E-state index contributed by atoms with van der Waals surface area (Å²) in [6.07, 6.45) is 5.18. The summed E-state index contributed by atoms with van der Waals surface area (Å²) < 4.78 is 39.9. The van der Waals surface area contributed by atoms with Crippen molar-refractivity contribution in [3.8, 4) is 11.1 Å². The maximum absolute atomic E-state index is 12.2. The van der Waals surface area contributed by atoms with Crippen LogP contribution in [0.1, 0.15) is 6.42 Å². The molecule has 1 N–H and O–H groups in total. The van der Waals surface area contributed by atoms with Crippen molar-refractivity contribution in [1.29, 1.82) is 0 Å². The molecule has 0 aliphatic rings. The second-order valence-corrected chi connectivity index (χ2v) is 5.41. The smallest absolute Gasteiger partial charge is 0.353 e. The summed E-state index contributed by atoms with van der Waals surface area (Å²) in [6, 6.07) is 1.85. The SMILES string of the molecule is FC(F)(F)CCNc1ncc2c(-c3cnc4nccn4c3)ccn2n1. The summed E-state index contributed by atoms with van der Waals surface area (Å²) in [6.45, 7) is -0.273. The number of rotatable bonds is 4. The van der Waals surface area contributed by atoms with Crippen LogP contribution in [0.4, 0.5) is 19.1 Å². The second-order valence-electron chi connectivity index (χ2n) is 5.41. The third-order valence-electron chi connectivity index (χ3n) is 3.66. The zero-order chi connectivity index (χ0) is 17.4. The summed E-state index contributed by atoms with van der Waals surface area (Å²) in [4.78, 5) is 12.4. The maximum Gasteiger partial charge on any atom is 0.390 e. The summed E-state index contributed by atoms with van der Waals surface area (Å²) >= 11 is 0. The van der Waals surface area contributed by atoms with Gasteiger partial charge in [-0.05, 0) is 6.07 Å². The minimum absolute atomic E-state index is 0.141. The van der Waals surface area contributed by atoms with Crippen LogP contribution in [0.5, 0.6) is 0 Å². The van der Waals surface area contributed by atoms with Gasteiger partial charge in [-0.2, -0.15) is 13.2 Å². The van der Waals surface area contributed by atoms with Crippen molar-refractivity contribution < 1.29 is 13.2 Å². The molecule has 0 radical (unpaired) electrons. The van der Waals surface area contributed by atoms with E-state index in [4.69, 9.17) is 0 Å². The van der Waals surface area contributed by atoms with E-state index in [0.29, 0.717) is 5.78 Å². The van der Waals surface area contributed by atoms with E-state index < -0.39 is 12.6 Å². The number of imidazole rings is 1. The molecule has 4 aromatic heterocycles. The molecule has 0 bridgehead atoms. The van der Waals surface area contributed by atoms with Gasteiger partial charge in [-0.3, -0.25) is 4.40 Å². The highest BCUT2D eigenvalue weighted by molar-refractivity contribution is 5.79. The molecule has 0 unspecified atom stereocenters. The van der Waals surface area contributed by atoms with Crippen LogP contribution >= 0.6 is 0 Å². The number of anilines is 1. The fourth-order valence-corrected chi connectivity index (χ4v) is 2.50. The Hall–Kier alpha value is -3.17. The Kier molecular flexibility index (Phi) is 3.52. The zero-order valence-electron chi connectivity index (χ0n) is 12.8. The molecule has 0 saturated carbocycles. The van der Waals surface area contributed by atoms with E-state index in [1.165, 1.54) is 0 Å². The lowest BCUT2D eigenvalue weighted by Crippen LogP contribution is -2.16. The molecule has 0 aromatic carbocycles. The van der Waals surface area contributed by atoms with E-state index in [0.717, 1.165) is 16.6 Å². The largest absolute Gasteiger partial charge is 0.390 e. The van der Waals surface area contributed by atoms with Gasteiger partial charge in [0.25, 0.3) is 0 Å². The first-order valence-corrected chi connectivity index (χ1v) is 7.44. The van der Waals surface area contributed by atoms with E-state index in [1.807, 2.05) is 12.3 Å². The lowest BCUT2D eigenvalue weighted by atomic mass is 10.1. The first-order valence-electron chi connectivity index (χ1n) is 7.44. The molecule has 0 aliphatic heterocycles. The van der Waals surface area contributed by atoms with Gasteiger partial charge in [-0.1, -0.05) is 0 Å². The number of nitrogens with zero attached hydrogens (tertiary/aromatic N) is 6. The topological polar surface area (TPSA) is 72.4 Å². The predicted molar refractivity (Wildman–Crippen MR) is 84.1 cm³/mol. The Labute approximate surface area is 139 Å². The van der Waals surface area contributed by atoms with E-state index in [2.05, 4.69) is 25.4 Å². The first-order chi connectivity index (χ1) is 12.0. The van der Waals surface area contributed by atoms with Gasteiger partial charge in [-0.15, -0.1) is 5.10 Å². The van der Waals surface area contributed by atoms with E-state index in [1.54, 1.807) is 39.9 Å².